The smallest absolute Gasteiger partial charge is 0.410 e. The van der Waals surface area contributed by atoms with E-state index >= 15 is 0 Å². The summed E-state index contributed by atoms with van der Waals surface area (Å²) in [6, 6.07) is 6.07. The van der Waals surface area contributed by atoms with E-state index in [1.807, 2.05) is 20.8 Å². The number of aryl methyl sites for hydroxylation is 1. The molecule has 1 aliphatic rings. The lowest BCUT2D eigenvalue weighted by molar-refractivity contribution is 0.0123. The number of rotatable bonds is 5. The standard InChI is InChI=1S/C23H30N4O6S/c1-15-18(7-9-20(25-15)34(5,30)31)26-21(28)16-6-8-19(24-14-16)32-17-10-12-27(13-11-17)22(29)33-23(2,3)4/h6-9,14,17H,10-13H2,1-5H3,(H,26,28). The van der Waals surface area contributed by atoms with Gasteiger partial charge in [-0.25, -0.2) is 23.2 Å². The first-order valence-corrected chi connectivity index (χ1v) is 12.8. The zero-order chi connectivity index (χ0) is 25.1. The van der Waals surface area contributed by atoms with Crippen LogP contribution in [0.2, 0.25) is 0 Å². The second kappa shape index (κ2) is 9.96. The van der Waals surface area contributed by atoms with E-state index in [-0.39, 0.29) is 17.2 Å². The maximum absolute atomic E-state index is 12.6. The molecule has 1 fully saturated rings. The van der Waals surface area contributed by atoms with Gasteiger partial charge in [0.1, 0.15) is 11.7 Å². The highest BCUT2D eigenvalue weighted by atomic mass is 32.2. The predicted octanol–water partition coefficient (Wildman–Crippen LogP) is 3.22. The van der Waals surface area contributed by atoms with Gasteiger partial charge in [-0.05, 0) is 45.9 Å². The van der Waals surface area contributed by atoms with Gasteiger partial charge in [-0.15, -0.1) is 0 Å². The van der Waals surface area contributed by atoms with Gasteiger partial charge in [-0.2, -0.15) is 0 Å². The third-order valence-electron chi connectivity index (χ3n) is 5.07. The number of amides is 2. The van der Waals surface area contributed by atoms with Crippen LogP contribution >= 0.6 is 0 Å². The highest BCUT2D eigenvalue weighted by Crippen LogP contribution is 2.21. The van der Waals surface area contributed by atoms with Crippen LogP contribution in [-0.4, -0.2) is 66.3 Å². The van der Waals surface area contributed by atoms with Gasteiger partial charge in [-0.3, -0.25) is 4.79 Å². The van der Waals surface area contributed by atoms with Gasteiger partial charge in [0.15, 0.2) is 14.9 Å². The minimum absolute atomic E-state index is 0.0527. The van der Waals surface area contributed by atoms with Crippen LogP contribution in [-0.2, 0) is 14.6 Å². The van der Waals surface area contributed by atoms with E-state index in [2.05, 4.69) is 15.3 Å². The number of sulfone groups is 1. The van der Waals surface area contributed by atoms with Crippen molar-refractivity contribution in [1.82, 2.24) is 14.9 Å². The highest BCUT2D eigenvalue weighted by molar-refractivity contribution is 7.90. The molecule has 2 aromatic rings. The Balaban J connectivity index is 1.54. The van der Waals surface area contributed by atoms with Crippen molar-refractivity contribution in [2.75, 3.05) is 24.7 Å². The lowest BCUT2D eigenvalue weighted by Gasteiger charge is -2.33. The minimum atomic E-state index is -3.43. The van der Waals surface area contributed by atoms with Crippen LogP contribution in [0, 0.1) is 6.92 Å². The lowest BCUT2D eigenvalue weighted by atomic mass is 10.1. The maximum atomic E-state index is 12.6. The third kappa shape index (κ3) is 6.89. The number of aromatic nitrogens is 2. The van der Waals surface area contributed by atoms with Crippen molar-refractivity contribution in [3.8, 4) is 5.88 Å². The van der Waals surface area contributed by atoms with E-state index in [4.69, 9.17) is 9.47 Å². The molecule has 0 bridgehead atoms. The Morgan fingerprint density at radius 1 is 1.12 bits per heavy atom. The van der Waals surface area contributed by atoms with E-state index in [1.165, 1.54) is 18.3 Å². The van der Waals surface area contributed by atoms with Gasteiger partial charge in [0.2, 0.25) is 5.88 Å². The van der Waals surface area contributed by atoms with Crippen molar-refractivity contribution in [3.63, 3.8) is 0 Å². The zero-order valence-electron chi connectivity index (χ0n) is 20.0. The Morgan fingerprint density at radius 3 is 2.32 bits per heavy atom. The molecule has 1 N–H and O–H groups in total. The molecule has 0 spiro atoms. The van der Waals surface area contributed by atoms with E-state index in [9.17, 15) is 18.0 Å². The number of likely N-dealkylation sites (tertiary alicyclic amines) is 1. The van der Waals surface area contributed by atoms with E-state index in [0.29, 0.717) is 48.8 Å². The molecule has 0 unspecified atom stereocenters. The second-order valence-corrected chi connectivity index (χ2v) is 11.1. The summed E-state index contributed by atoms with van der Waals surface area (Å²) in [6.07, 6.45) is 3.38. The van der Waals surface area contributed by atoms with Gasteiger partial charge in [0.05, 0.1) is 16.9 Å². The van der Waals surface area contributed by atoms with Gasteiger partial charge in [-0.1, -0.05) is 0 Å². The molecule has 3 rings (SSSR count). The van der Waals surface area contributed by atoms with E-state index in [1.54, 1.807) is 24.0 Å². The average molecular weight is 491 g/mol. The molecule has 1 aliphatic heterocycles. The number of carbonyl (C=O) groups is 2. The van der Waals surface area contributed by atoms with Crippen molar-refractivity contribution < 1.29 is 27.5 Å². The monoisotopic (exact) mass is 490 g/mol. The third-order valence-corrected chi connectivity index (χ3v) is 6.06. The second-order valence-electron chi connectivity index (χ2n) is 9.18. The fourth-order valence-corrected chi connectivity index (χ4v) is 3.93. The number of piperidine rings is 1. The van der Waals surface area contributed by atoms with Crippen molar-refractivity contribution in [3.05, 3.63) is 41.7 Å². The number of hydrogen-bond acceptors (Lipinski definition) is 8. The van der Waals surface area contributed by atoms with Crippen LogP contribution in [0.5, 0.6) is 5.88 Å². The molecule has 2 amide bonds. The van der Waals surface area contributed by atoms with Crippen molar-refractivity contribution >= 4 is 27.5 Å². The first-order valence-electron chi connectivity index (χ1n) is 10.9. The summed E-state index contributed by atoms with van der Waals surface area (Å²) in [6.45, 7) is 8.19. The molecule has 10 nitrogen and oxygen atoms in total. The SMILES string of the molecule is Cc1nc(S(C)(=O)=O)ccc1NC(=O)c1ccc(OC2CCN(C(=O)OC(C)(C)C)CC2)nc1. The summed E-state index contributed by atoms with van der Waals surface area (Å²) in [5.41, 5.74) is 0.590. The van der Waals surface area contributed by atoms with Crippen molar-refractivity contribution in [2.24, 2.45) is 0 Å². The van der Waals surface area contributed by atoms with Crippen LogP contribution < -0.4 is 10.1 Å². The molecule has 11 heteroatoms. The first kappa shape index (κ1) is 25.4. The summed E-state index contributed by atoms with van der Waals surface area (Å²) >= 11 is 0. The number of hydrogen-bond donors (Lipinski definition) is 1. The summed E-state index contributed by atoms with van der Waals surface area (Å²) in [4.78, 5) is 34.7. The average Bonchev–Trinajstić information content (AvgIpc) is 2.74. The van der Waals surface area contributed by atoms with Crippen LogP contribution in [0.15, 0.2) is 35.5 Å². The van der Waals surface area contributed by atoms with Gasteiger partial charge >= 0.3 is 6.09 Å². The summed E-state index contributed by atoms with van der Waals surface area (Å²) < 4.78 is 34.6. The predicted molar refractivity (Wildman–Crippen MR) is 126 cm³/mol. The molecule has 0 radical (unpaired) electrons. The lowest BCUT2D eigenvalue weighted by Crippen LogP contribution is -2.44. The quantitative estimate of drug-likeness (QED) is 0.677. The molecule has 0 atom stereocenters. The largest absolute Gasteiger partial charge is 0.474 e. The van der Waals surface area contributed by atoms with Crippen LogP contribution in [0.1, 0.15) is 49.7 Å². The Morgan fingerprint density at radius 2 is 1.79 bits per heavy atom. The molecule has 184 valence electrons. The fraction of sp³-hybridized carbons (Fsp3) is 0.478. The number of anilines is 1. The molecular weight excluding hydrogens is 460 g/mol. The zero-order valence-corrected chi connectivity index (χ0v) is 20.8. The van der Waals surface area contributed by atoms with Gasteiger partial charge in [0.25, 0.3) is 5.91 Å². The summed E-state index contributed by atoms with van der Waals surface area (Å²) in [5, 5.41) is 2.66. The molecule has 1 saturated heterocycles. The number of ether oxygens (including phenoxy) is 2. The van der Waals surface area contributed by atoms with Gasteiger partial charge in [0, 0.05) is 44.5 Å². The van der Waals surface area contributed by atoms with Crippen molar-refractivity contribution in [2.45, 2.75) is 57.3 Å². The van der Waals surface area contributed by atoms with Crippen LogP contribution in [0.4, 0.5) is 10.5 Å². The van der Waals surface area contributed by atoms with Crippen LogP contribution in [0.3, 0.4) is 0 Å². The molecule has 0 aromatic carbocycles. The summed E-state index contributed by atoms with van der Waals surface area (Å²) in [7, 11) is -3.43. The Hall–Kier alpha value is -3.21. The highest BCUT2D eigenvalue weighted by Gasteiger charge is 2.27. The fourth-order valence-electron chi connectivity index (χ4n) is 3.31. The molecule has 2 aromatic heterocycles. The first-order chi connectivity index (χ1) is 15.8. The Bertz CT molecular complexity index is 1150. The minimum Gasteiger partial charge on any atom is -0.474 e. The molecular formula is C23H30N4O6S. The molecule has 34 heavy (non-hydrogen) atoms. The number of nitrogens with zero attached hydrogens (tertiary/aromatic N) is 3. The normalized spacial score (nSPS) is 15.0. The maximum Gasteiger partial charge on any atom is 0.410 e. The van der Waals surface area contributed by atoms with E-state index in [0.717, 1.165) is 6.26 Å². The molecule has 3 heterocycles. The summed E-state index contributed by atoms with van der Waals surface area (Å²) in [5.74, 6) is -0.00987. The number of carbonyl (C=O) groups excluding carboxylic acids is 2. The number of nitrogens with one attached hydrogen (secondary N) is 1. The van der Waals surface area contributed by atoms with Gasteiger partial charge < -0.3 is 19.7 Å². The Kier molecular flexibility index (Phi) is 7.44. The topological polar surface area (TPSA) is 128 Å². The Labute approximate surface area is 199 Å². The molecule has 0 aliphatic carbocycles. The molecule has 0 saturated carbocycles. The number of pyridine rings is 2. The van der Waals surface area contributed by atoms with E-state index < -0.39 is 21.3 Å². The van der Waals surface area contributed by atoms with Crippen molar-refractivity contribution in [1.29, 1.82) is 0 Å². The van der Waals surface area contributed by atoms with Crippen LogP contribution in [0.25, 0.3) is 0 Å².